The molecule has 1 saturated heterocycles. The number of benzene rings is 2. The van der Waals surface area contributed by atoms with E-state index in [0.717, 1.165) is 44.8 Å². The highest BCUT2D eigenvalue weighted by atomic mass is 19.1. The molecule has 0 N–H and O–H groups in total. The summed E-state index contributed by atoms with van der Waals surface area (Å²) in [5, 5.41) is 0.155. The van der Waals surface area contributed by atoms with Crippen LogP contribution in [0.3, 0.4) is 0 Å². The second-order valence-electron chi connectivity index (χ2n) is 7.93. The van der Waals surface area contributed by atoms with Crippen LogP contribution in [0.25, 0.3) is 11.0 Å². The Hall–Kier alpha value is -3.03. The third-order valence-corrected chi connectivity index (χ3v) is 6.02. The molecule has 2 aromatic carbocycles. The molecule has 5 rings (SSSR count). The van der Waals surface area contributed by atoms with Gasteiger partial charge in [-0.05, 0) is 30.2 Å². The SMILES string of the molecule is O=C1c2oc3ccc(F)cc3c(=O)c2[C@@H](c2ccccc2)N1CCCN1CCOCC1. The second-order valence-corrected chi connectivity index (χ2v) is 7.93. The van der Waals surface area contributed by atoms with Gasteiger partial charge in [0, 0.05) is 26.2 Å². The maximum absolute atomic E-state index is 13.8. The van der Waals surface area contributed by atoms with Crippen LogP contribution in [0, 0.1) is 5.82 Å². The quantitative estimate of drug-likeness (QED) is 0.632. The maximum atomic E-state index is 13.8. The fraction of sp³-hybridized carbons (Fsp3) is 0.333. The van der Waals surface area contributed by atoms with Crippen molar-refractivity contribution in [3.8, 4) is 0 Å². The lowest BCUT2D eigenvalue weighted by atomic mass is 9.98. The Morgan fingerprint density at radius 1 is 1.00 bits per heavy atom. The highest BCUT2D eigenvalue weighted by Gasteiger charge is 2.42. The summed E-state index contributed by atoms with van der Waals surface area (Å²) in [6.45, 7) is 4.55. The number of ether oxygens (including phenoxy) is 1. The predicted molar refractivity (Wildman–Crippen MR) is 114 cm³/mol. The van der Waals surface area contributed by atoms with Crippen LogP contribution in [0.4, 0.5) is 4.39 Å². The first-order valence-electron chi connectivity index (χ1n) is 10.6. The molecule has 160 valence electrons. The Balaban J connectivity index is 1.52. The molecule has 1 amide bonds. The Morgan fingerprint density at radius 2 is 1.77 bits per heavy atom. The molecular formula is C24H23FN2O4. The third-order valence-electron chi connectivity index (χ3n) is 6.02. The van der Waals surface area contributed by atoms with Crippen LogP contribution in [0.2, 0.25) is 0 Å². The maximum Gasteiger partial charge on any atom is 0.290 e. The largest absolute Gasteiger partial charge is 0.450 e. The first-order valence-corrected chi connectivity index (χ1v) is 10.6. The lowest BCUT2D eigenvalue weighted by Gasteiger charge is -2.29. The summed E-state index contributed by atoms with van der Waals surface area (Å²) in [7, 11) is 0. The number of amides is 1. The minimum Gasteiger partial charge on any atom is -0.450 e. The fourth-order valence-electron chi connectivity index (χ4n) is 4.49. The van der Waals surface area contributed by atoms with E-state index in [-0.39, 0.29) is 28.1 Å². The van der Waals surface area contributed by atoms with Crippen molar-refractivity contribution < 1.29 is 18.3 Å². The average Bonchev–Trinajstić information content (AvgIpc) is 3.08. The molecule has 0 spiro atoms. The summed E-state index contributed by atoms with van der Waals surface area (Å²) < 4.78 is 25.1. The van der Waals surface area contributed by atoms with Crippen molar-refractivity contribution in [2.24, 2.45) is 0 Å². The fourth-order valence-corrected chi connectivity index (χ4v) is 4.49. The standard InChI is InChI=1S/C24H23FN2O4/c25-17-7-8-19-18(15-17)22(28)20-21(16-5-2-1-3-6-16)27(24(29)23(20)31-19)10-4-9-26-11-13-30-14-12-26/h1-3,5-8,15,21H,4,9-14H2/t21-/m1/s1. The number of carbonyl (C=O) groups is 1. The zero-order valence-electron chi connectivity index (χ0n) is 17.1. The number of nitrogens with zero attached hydrogens (tertiary/aromatic N) is 2. The van der Waals surface area contributed by atoms with Gasteiger partial charge >= 0.3 is 0 Å². The van der Waals surface area contributed by atoms with Crippen molar-refractivity contribution in [1.29, 1.82) is 0 Å². The van der Waals surface area contributed by atoms with E-state index in [1.807, 2.05) is 30.3 Å². The molecule has 31 heavy (non-hydrogen) atoms. The van der Waals surface area contributed by atoms with Gasteiger partial charge < -0.3 is 14.1 Å². The molecule has 0 bridgehead atoms. The Bertz CT molecular complexity index is 1170. The number of hydrogen-bond acceptors (Lipinski definition) is 5. The van der Waals surface area contributed by atoms with Crippen LogP contribution in [0.5, 0.6) is 0 Å². The topological polar surface area (TPSA) is 63.0 Å². The minimum atomic E-state index is -0.544. The number of halogens is 1. The normalized spacial score (nSPS) is 19.2. The number of morpholine rings is 1. The highest BCUT2D eigenvalue weighted by molar-refractivity contribution is 5.99. The van der Waals surface area contributed by atoms with Crippen LogP contribution in [-0.4, -0.2) is 55.1 Å². The Labute approximate surface area is 178 Å². The van der Waals surface area contributed by atoms with Crippen molar-refractivity contribution in [3.05, 3.63) is 81.5 Å². The number of hydrogen-bond donors (Lipinski definition) is 0. The zero-order chi connectivity index (χ0) is 21.4. The summed E-state index contributed by atoms with van der Waals surface area (Å²) in [4.78, 5) is 30.7. The Kier molecular flexibility index (Phi) is 5.29. The van der Waals surface area contributed by atoms with E-state index in [0.29, 0.717) is 12.1 Å². The minimum absolute atomic E-state index is 0.0596. The molecule has 3 heterocycles. The van der Waals surface area contributed by atoms with Gasteiger partial charge in [0.2, 0.25) is 5.76 Å². The molecule has 1 aromatic heterocycles. The predicted octanol–water partition coefficient (Wildman–Crippen LogP) is 3.20. The van der Waals surface area contributed by atoms with E-state index in [1.165, 1.54) is 18.2 Å². The van der Waals surface area contributed by atoms with Crippen LogP contribution in [-0.2, 0) is 4.74 Å². The Morgan fingerprint density at radius 3 is 2.55 bits per heavy atom. The van der Waals surface area contributed by atoms with Gasteiger partial charge in [0.25, 0.3) is 5.91 Å². The molecule has 0 saturated carbocycles. The molecule has 0 unspecified atom stereocenters. The van der Waals surface area contributed by atoms with Crippen LogP contribution < -0.4 is 5.43 Å². The molecule has 0 aliphatic carbocycles. The van der Waals surface area contributed by atoms with E-state index in [2.05, 4.69) is 4.90 Å². The van der Waals surface area contributed by atoms with Crippen molar-refractivity contribution in [1.82, 2.24) is 9.80 Å². The van der Waals surface area contributed by atoms with Gasteiger partial charge in [0.1, 0.15) is 11.4 Å². The van der Waals surface area contributed by atoms with Gasteiger partial charge in [-0.1, -0.05) is 30.3 Å². The van der Waals surface area contributed by atoms with Crippen molar-refractivity contribution in [2.75, 3.05) is 39.4 Å². The molecule has 7 heteroatoms. The van der Waals surface area contributed by atoms with Crippen LogP contribution in [0.1, 0.15) is 34.1 Å². The zero-order valence-corrected chi connectivity index (χ0v) is 17.1. The summed E-state index contributed by atoms with van der Waals surface area (Å²) in [5.41, 5.74) is 0.999. The van der Waals surface area contributed by atoms with Crippen molar-refractivity contribution >= 4 is 16.9 Å². The first kappa shape index (κ1) is 19.9. The molecule has 2 aliphatic heterocycles. The third kappa shape index (κ3) is 3.64. The second kappa shape index (κ2) is 8.24. The molecule has 6 nitrogen and oxygen atoms in total. The molecule has 1 fully saturated rings. The number of carbonyl (C=O) groups excluding carboxylic acids is 1. The van der Waals surface area contributed by atoms with E-state index in [4.69, 9.17) is 9.15 Å². The summed E-state index contributed by atoms with van der Waals surface area (Å²) in [5.74, 6) is -0.749. The van der Waals surface area contributed by atoms with Gasteiger partial charge in [-0.3, -0.25) is 14.5 Å². The van der Waals surface area contributed by atoms with E-state index in [9.17, 15) is 14.0 Å². The first-order chi connectivity index (χ1) is 15.1. The smallest absolute Gasteiger partial charge is 0.290 e. The summed E-state index contributed by atoms with van der Waals surface area (Å²) in [6, 6.07) is 12.7. The number of rotatable bonds is 5. The summed E-state index contributed by atoms with van der Waals surface area (Å²) in [6.07, 6.45) is 0.769. The lowest BCUT2D eigenvalue weighted by Crippen LogP contribution is -2.38. The van der Waals surface area contributed by atoms with E-state index >= 15 is 0 Å². The summed E-state index contributed by atoms with van der Waals surface area (Å²) >= 11 is 0. The van der Waals surface area contributed by atoms with Crippen molar-refractivity contribution in [2.45, 2.75) is 12.5 Å². The van der Waals surface area contributed by atoms with E-state index in [1.54, 1.807) is 4.90 Å². The van der Waals surface area contributed by atoms with Crippen LogP contribution in [0.15, 0.2) is 57.7 Å². The van der Waals surface area contributed by atoms with Gasteiger partial charge in [-0.2, -0.15) is 0 Å². The van der Waals surface area contributed by atoms with Gasteiger partial charge in [0.05, 0.1) is 30.2 Å². The van der Waals surface area contributed by atoms with Gasteiger partial charge in [0.15, 0.2) is 5.43 Å². The number of fused-ring (bicyclic) bond motifs is 2. The van der Waals surface area contributed by atoms with E-state index < -0.39 is 11.9 Å². The molecule has 0 radical (unpaired) electrons. The molecule has 3 aromatic rings. The average molecular weight is 422 g/mol. The molecular weight excluding hydrogens is 399 g/mol. The van der Waals surface area contributed by atoms with Crippen molar-refractivity contribution in [3.63, 3.8) is 0 Å². The lowest BCUT2D eigenvalue weighted by molar-refractivity contribution is 0.0353. The molecule has 2 aliphatic rings. The van der Waals surface area contributed by atoms with Gasteiger partial charge in [-0.25, -0.2) is 4.39 Å². The monoisotopic (exact) mass is 422 g/mol. The van der Waals surface area contributed by atoms with Crippen LogP contribution >= 0.6 is 0 Å². The highest BCUT2D eigenvalue weighted by Crippen LogP contribution is 2.38. The molecule has 1 atom stereocenters. The van der Waals surface area contributed by atoms with Gasteiger partial charge in [-0.15, -0.1) is 0 Å².